The van der Waals surface area contributed by atoms with Crippen molar-refractivity contribution >= 4 is 5.97 Å². The van der Waals surface area contributed by atoms with Gasteiger partial charge in [-0.2, -0.15) is 0 Å². The van der Waals surface area contributed by atoms with E-state index in [1.165, 1.54) is 0 Å². The Kier molecular flexibility index (Phi) is 7.83. The number of esters is 1. The van der Waals surface area contributed by atoms with E-state index in [-0.39, 0.29) is 11.4 Å². The molecule has 0 saturated carbocycles. The first kappa shape index (κ1) is 16.1. The molecule has 17 heavy (non-hydrogen) atoms. The molecule has 0 radical (unpaired) electrons. The molecule has 0 aliphatic heterocycles. The zero-order chi connectivity index (χ0) is 13.3. The number of nitrogens with two attached hydrogens (primary N) is 1. The van der Waals surface area contributed by atoms with E-state index in [9.17, 15) is 4.79 Å². The molecule has 0 aliphatic rings. The van der Waals surface area contributed by atoms with Crippen molar-refractivity contribution in [1.82, 2.24) is 5.32 Å². The van der Waals surface area contributed by atoms with Gasteiger partial charge >= 0.3 is 5.97 Å². The van der Waals surface area contributed by atoms with Gasteiger partial charge in [-0.3, -0.25) is 4.79 Å². The lowest BCUT2D eigenvalue weighted by molar-refractivity contribution is -0.142. The monoisotopic (exact) mass is 242 g/mol. The second-order valence-electron chi connectivity index (χ2n) is 5.31. The van der Waals surface area contributed by atoms with Crippen LogP contribution >= 0.6 is 0 Å². The summed E-state index contributed by atoms with van der Waals surface area (Å²) in [6.07, 6.45) is 2.51. The second kappa shape index (κ2) is 8.25. The first-order valence-electron chi connectivity index (χ1n) is 6.10. The topological polar surface area (TPSA) is 64.3 Å². The third-order valence-corrected chi connectivity index (χ3v) is 1.97. The number of carbonyl (C=O) groups is 1. The van der Waals surface area contributed by atoms with Gasteiger partial charge in [-0.05, 0) is 17.9 Å². The summed E-state index contributed by atoms with van der Waals surface area (Å²) in [4.78, 5) is 11.4. The number of hydrogen-bond donors (Lipinski definition) is 2. The molecule has 0 spiro atoms. The van der Waals surface area contributed by atoms with Gasteiger partial charge in [0.15, 0.2) is 0 Å². The Balaban J connectivity index is 3.73. The molecule has 4 heteroatoms. The summed E-state index contributed by atoms with van der Waals surface area (Å²) in [6, 6.07) is 0. The van der Waals surface area contributed by atoms with Crippen LogP contribution in [0.15, 0.2) is 11.6 Å². The molecule has 0 aromatic rings. The highest BCUT2D eigenvalue weighted by Crippen LogP contribution is 2.17. The minimum Gasteiger partial charge on any atom is -0.461 e. The van der Waals surface area contributed by atoms with E-state index in [1.54, 1.807) is 0 Å². The van der Waals surface area contributed by atoms with E-state index in [4.69, 9.17) is 10.5 Å². The summed E-state index contributed by atoms with van der Waals surface area (Å²) < 4.78 is 5.15. The molecule has 0 atom stereocenters. The van der Waals surface area contributed by atoms with Crippen LogP contribution in [0, 0.1) is 5.41 Å². The maximum absolute atomic E-state index is 11.4. The fourth-order valence-electron chi connectivity index (χ4n) is 1.46. The van der Waals surface area contributed by atoms with Crippen LogP contribution in [0.2, 0.25) is 0 Å². The van der Waals surface area contributed by atoms with Crippen LogP contribution in [0.4, 0.5) is 0 Å². The van der Waals surface area contributed by atoms with E-state index in [2.05, 4.69) is 32.2 Å². The number of hydrogen-bond acceptors (Lipinski definition) is 4. The summed E-state index contributed by atoms with van der Waals surface area (Å²) in [5, 5.41) is 3.05. The predicted molar refractivity (Wildman–Crippen MR) is 70.7 cm³/mol. The lowest BCUT2D eigenvalue weighted by atomic mass is 9.94. The third kappa shape index (κ3) is 11.4. The van der Waals surface area contributed by atoms with Crippen molar-refractivity contribution in [2.24, 2.45) is 11.1 Å². The summed E-state index contributed by atoms with van der Waals surface area (Å²) in [6.45, 7) is 10.7. The number of rotatable bonds is 7. The fourth-order valence-corrected chi connectivity index (χ4v) is 1.46. The van der Waals surface area contributed by atoms with Crippen LogP contribution in [0.25, 0.3) is 0 Å². The summed E-state index contributed by atoms with van der Waals surface area (Å²) in [5.74, 6) is -0.170. The van der Waals surface area contributed by atoms with Crippen molar-refractivity contribution in [3.05, 3.63) is 11.6 Å². The van der Waals surface area contributed by atoms with Crippen molar-refractivity contribution in [2.45, 2.75) is 34.1 Å². The summed E-state index contributed by atoms with van der Waals surface area (Å²) >= 11 is 0. The Morgan fingerprint density at radius 2 is 2.00 bits per heavy atom. The number of nitrogens with one attached hydrogen (secondary N) is 1. The highest BCUT2D eigenvalue weighted by atomic mass is 16.5. The van der Waals surface area contributed by atoms with Gasteiger partial charge in [0.1, 0.15) is 6.61 Å². The zero-order valence-electron chi connectivity index (χ0n) is 11.5. The molecule has 0 aromatic carbocycles. The van der Waals surface area contributed by atoms with E-state index in [0.29, 0.717) is 26.1 Å². The predicted octanol–water partition coefficient (Wildman–Crippen LogP) is 1.46. The molecule has 3 N–H and O–H groups in total. The van der Waals surface area contributed by atoms with E-state index < -0.39 is 0 Å². The quantitative estimate of drug-likeness (QED) is 0.403. The Labute approximate surface area is 105 Å². The number of carbonyl (C=O) groups excluding carboxylic acids is 1. The highest BCUT2D eigenvalue weighted by molar-refractivity contribution is 5.69. The van der Waals surface area contributed by atoms with Gasteiger partial charge in [0.05, 0.1) is 6.42 Å². The van der Waals surface area contributed by atoms with Crippen LogP contribution in [0.5, 0.6) is 0 Å². The van der Waals surface area contributed by atoms with Crippen LogP contribution in [0.1, 0.15) is 34.1 Å². The van der Waals surface area contributed by atoms with Gasteiger partial charge in [-0.25, -0.2) is 0 Å². The lowest BCUT2D eigenvalue weighted by Crippen LogP contribution is -2.25. The van der Waals surface area contributed by atoms with Gasteiger partial charge < -0.3 is 15.8 Å². The largest absolute Gasteiger partial charge is 0.461 e. The maximum atomic E-state index is 11.4. The second-order valence-corrected chi connectivity index (χ2v) is 5.31. The van der Waals surface area contributed by atoms with Gasteiger partial charge in [0.2, 0.25) is 0 Å². The standard InChI is InChI=1S/C13H26N2O2/c1-11(9-13(2,3)4)10-17-12(16)5-7-15-8-6-14/h9,15H,5-8,10,14H2,1-4H3/b11-9+. The summed E-state index contributed by atoms with van der Waals surface area (Å²) in [5.41, 5.74) is 6.52. The number of ether oxygens (including phenoxy) is 1. The van der Waals surface area contributed by atoms with Crippen molar-refractivity contribution in [3.8, 4) is 0 Å². The molecule has 0 rings (SSSR count). The summed E-state index contributed by atoms with van der Waals surface area (Å²) in [7, 11) is 0. The van der Waals surface area contributed by atoms with Gasteiger partial charge in [0, 0.05) is 19.6 Å². The van der Waals surface area contributed by atoms with Crippen LogP contribution < -0.4 is 11.1 Å². The normalized spacial score (nSPS) is 12.6. The molecule has 0 unspecified atom stereocenters. The van der Waals surface area contributed by atoms with Gasteiger partial charge in [0.25, 0.3) is 0 Å². The molecule has 4 nitrogen and oxygen atoms in total. The fraction of sp³-hybridized carbons (Fsp3) is 0.769. The van der Waals surface area contributed by atoms with E-state index in [1.807, 2.05) is 6.92 Å². The third-order valence-electron chi connectivity index (χ3n) is 1.97. The van der Waals surface area contributed by atoms with Gasteiger partial charge in [-0.1, -0.05) is 26.8 Å². The first-order chi connectivity index (χ1) is 7.85. The SMILES string of the molecule is C/C(=C\C(C)(C)C)COC(=O)CCNCCN. The Morgan fingerprint density at radius 1 is 1.35 bits per heavy atom. The first-order valence-corrected chi connectivity index (χ1v) is 6.10. The molecule has 0 fully saturated rings. The molecule has 0 heterocycles. The minimum absolute atomic E-state index is 0.124. The Morgan fingerprint density at radius 3 is 2.53 bits per heavy atom. The zero-order valence-corrected chi connectivity index (χ0v) is 11.5. The van der Waals surface area contributed by atoms with Crippen molar-refractivity contribution in [1.29, 1.82) is 0 Å². The maximum Gasteiger partial charge on any atom is 0.307 e. The van der Waals surface area contributed by atoms with Crippen molar-refractivity contribution in [2.75, 3.05) is 26.2 Å². The van der Waals surface area contributed by atoms with Crippen LogP contribution in [-0.2, 0) is 9.53 Å². The molecule has 0 aliphatic carbocycles. The van der Waals surface area contributed by atoms with E-state index >= 15 is 0 Å². The molecule has 0 bridgehead atoms. The molecule has 100 valence electrons. The molecular formula is C13H26N2O2. The lowest BCUT2D eigenvalue weighted by Gasteiger charge is -2.14. The average Bonchev–Trinajstić information content (AvgIpc) is 2.19. The van der Waals surface area contributed by atoms with Crippen molar-refractivity contribution < 1.29 is 9.53 Å². The average molecular weight is 242 g/mol. The minimum atomic E-state index is -0.170. The smallest absolute Gasteiger partial charge is 0.307 e. The molecular weight excluding hydrogens is 216 g/mol. The van der Waals surface area contributed by atoms with Crippen molar-refractivity contribution in [3.63, 3.8) is 0 Å². The van der Waals surface area contributed by atoms with Crippen LogP contribution in [-0.4, -0.2) is 32.2 Å². The number of allylic oxidation sites excluding steroid dienone is 1. The Bertz CT molecular complexity index is 255. The molecule has 0 saturated heterocycles. The van der Waals surface area contributed by atoms with Gasteiger partial charge in [-0.15, -0.1) is 0 Å². The van der Waals surface area contributed by atoms with Crippen LogP contribution in [0.3, 0.4) is 0 Å². The highest BCUT2D eigenvalue weighted by Gasteiger charge is 2.07. The Hall–Kier alpha value is -0.870. The molecule has 0 amide bonds. The molecule has 0 aromatic heterocycles. The van der Waals surface area contributed by atoms with E-state index in [0.717, 1.165) is 12.1 Å².